The molecular formula is C35H58O2. The van der Waals surface area contributed by atoms with Crippen LogP contribution in [-0.4, -0.2) is 12.1 Å². The summed E-state index contributed by atoms with van der Waals surface area (Å²) in [6, 6.07) is 0. The fourth-order valence-corrected chi connectivity index (χ4v) is 11.9. The van der Waals surface area contributed by atoms with Gasteiger partial charge in [0, 0.05) is 11.0 Å². The zero-order valence-electron chi connectivity index (χ0n) is 25.8. The summed E-state index contributed by atoms with van der Waals surface area (Å²) in [5, 5.41) is 0. The van der Waals surface area contributed by atoms with Crippen LogP contribution in [-0.2, 0) is 9.53 Å². The van der Waals surface area contributed by atoms with E-state index in [2.05, 4.69) is 48.5 Å². The highest BCUT2D eigenvalue weighted by Crippen LogP contribution is 2.89. The molecule has 37 heavy (non-hydrogen) atoms. The fourth-order valence-electron chi connectivity index (χ4n) is 11.9. The quantitative estimate of drug-likeness (QED) is 0.252. The highest BCUT2D eigenvalue weighted by Gasteiger charge is 2.82. The van der Waals surface area contributed by atoms with Gasteiger partial charge in [-0.3, -0.25) is 0 Å². The molecule has 0 N–H and O–H groups in total. The van der Waals surface area contributed by atoms with Gasteiger partial charge in [0.05, 0.1) is 0 Å². The summed E-state index contributed by atoms with van der Waals surface area (Å²) in [5.74, 6) is 4.13. The van der Waals surface area contributed by atoms with E-state index in [1.165, 1.54) is 70.6 Å². The second-order valence-electron chi connectivity index (χ2n) is 16.2. The Hall–Kier alpha value is -0.790. The average Bonchev–Trinajstić information content (AvgIpc) is 3.42. The largest absolute Gasteiger partial charge is 0.458 e. The molecule has 5 rings (SSSR count). The molecule has 0 saturated heterocycles. The third-order valence-corrected chi connectivity index (χ3v) is 14.2. The molecule has 2 spiro atoms. The zero-order chi connectivity index (χ0) is 27.0. The van der Waals surface area contributed by atoms with Crippen LogP contribution < -0.4 is 0 Å². The van der Waals surface area contributed by atoms with Crippen molar-refractivity contribution in [2.24, 2.45) is 56.7 Å². The van der Waals surface area contributed by atoms with E-state index in [0.29, 0.717) is 27.6 Å². The van der Waals surface area contributed by atoms with Gasteiger partial charge in [-0.25, -0.2) is 4.79 Å². The maximum atomic E-state index is 12.7. The maximum absolute atomic E-state index is 12.7. The predicted octanol–water partition coefficient (Wildman–Crippen LogP) is 9.77. The van der Waals surface area contributed by atoms with E-state index < -0.39 is 0 Å². The smallest absolute Gasteiger partial charge is 0.333 e. The van der Waals surface area contributed by atoms with Crippen molar-refractivity contribution in [3.63, 3.8) is 0 Å². The third-order valence-electron chi connectivity index (χ3n) is 14.2. The maximum Gasteiger partial charge on any atom is 0.333 e. The van der Waals surface area contributed by atoms with Crippen LogP contribution in [0.3, 0.4) is 0 Å². The summed E-state index contributed by atoms with van der Waals surface area (Å²) in [6.07, 6.45) is 18.6. The van der Waals surface area contributed by atoms with Crippen molar-refractivity contribution in [2.45, 2.75) is 145 Å². The number of ether oxygens (including phenoxy) is 1. The van der Waals surface area contributed by atoms with Gasteiger partial charge in [0.25, 0.3) is 0 Å². The van der Waals surface area contributed by atoms with Gasteiger partial charge in [-0.05, 0) is 123 Å². The second-order valence-corrected chi connectivity index (χ2v) is 16.2. The van der Waals surface area contributed by atoms with Gasteiger partial charge in [0.15, 0.2) is 0 Å². The lowest BCUT2D eigenvalue weighted by atomic mass is 9.41. The van der Waals surface area contributed by atoms with E-state index in [4.69, 9.17) is 4.74 Å². The lowest BCUT2D eigenvalue weighted by Gasteiger charge is -2.63. The van der Waals surface area contributed by atoms with Gasteiger partial charge >= 0.3 is 5.97 Å². The summed E-state index contributed by atoms with van der Waals surface area (Å²) < 4.78 is 6.19. The summed E-state index contributed by atoms with van der Waals surface area (Å²) >= 11 is 0. The molecule has 5 saturated carbocycles. The van der Waals surface area contributed by atoms with Crippen LogP contribution in [0.2, 0.25) is 0 Å². The number of fused-ring (bicyclic) bond motifs is 2. The number of allylic oxidation sites excluding steroid dienone is 1. The Bertz CT molecular complexity index is 930. The fraction of sp³-hybridized carbons (Fsp3) is 0.914. The van der Waals surface area contributed by atoms with E-state index in [-0.39, 0.29) is 17.5 Å². The first kappa shape index (κ1) is 27.8. The molecule has 0 bridgehead atoms. The number of hydrogen-bond donors (Lipinski definition) is 0. The Kier molecular flexibility index (Phi) is 6.85. The molecule has 0 radical (unpaired) electrons. The SMILES string of the molecule is C/C=C(\C)C(=O)O[C@H]1CC[C@]23C[C@]24CC[C@]2(C)[C@@H]([C@H](C)CCCC(C)C)CC[C@@]2(C)[C@@H]4CC[C@H]3C1(C)C. The Morgan fingerprint density at radius 3 is 2.22 bits per heavy atom. The van der Waals surface area contributed by atoms with Gasteiger partial charge in [0.1, 0.15) is 6.10 Å². The molecule has 0 aromatic rings. The van der Waals surface area contributed by atoms with Crippen molar-refractivity contribution in [1.82, 2.24) is 0 Å². The van der Waals surface area contributed by atoms with Crippen molar-refractivity contribution in [1.29, 1.82) is 0 Å². The molecule has 5 aliphatic carbocycles. The van der Waals surface area contributed by atoms with Crippen molar-refractivity contribution in [3.05, 3.63) is 11.6 Å². The highest BCUT2D eigenvalue weighted by atomic mass is 16.5. The lowest BCUT2D eigenvalue weighted by Crippen LogP contribution is -2.58. The minimum atomic E-state index is -0.101. The Morgan fingerprint density at radius 2 is 1.54 bits per heavy atom. The predicted molar refractivity (Wildman–Crippen MR) is 154 cm³/mol. The molecule has 0 heterocycles. The Balaban J connectivity index is 1.35. The molecule has 5 fully saturated rings. The third kappa shape index (κ3) is 3.79. The molecule has 0 amide bonds. The van der Waals surface area contributed by atoms with E-state index in [1.807, 2.05) is 19.9 Å². The number of carbonyl (C=O) groups excluding carboxylic acids is 1. The minimum absolute atomic E-state index is 0.0618. The average molecular weight is 511 g/mol. The number of carbonyl (C=O) groups is 1. The van der Waals surface area contributed by atoms with Crippen LogP contribution in [0.15, 0.2) is 11.6 Å². The molecule has 0 aliphatic heterocycles. The highest BCUT2D eigenvalue weighted by molar-refractivity contribution is 5.87. The van der Waals surface area contributed by atoms with Crippen LogP contribution in [0.4, 0.5) is 0 Å². The molecule has 5 aliphatic rings. The summed E-state index contributed by atoms with van der Waals surface area (Å²) in [7, 11) is 0. The molecule has 210 valence electrons. The number of esters is 1. The van der Waals surface area contributed by atoms with Crippen LogP contribution in [0.5, 0.6) is 0 Å². The normalized spacial score (nSPS) is 46.9. The topological polar surface area (TPSA) is 26.3 Å². The van der Waals surface area contributed by atoms with E-state index in [9.17, 15) is 4.79 Å². The second kappa shape index (κ2) is 9.12. The van der Waals surface area contributed by atoms with Gasteiger partial charge in [0.2, 0.25) is 0 Å². The molecular weight excluding hydrogens is 452 g/mol. The Morgan fingerprint density at radius 1 is 0.865 bits per heavy atom. The Labute approximate surface area is 229 Å². The van der Waals surface area contributed by atoms with E-state index in [0.717, 1.165) is 35.7 Å². The summed E-state index contributed by atoms with van der Waals surface area (Å²) in [5.41, 5.74) is 2.93. The van der Waals surface area contributed by atoms with Gasteiger partial charge in [-0.15, -0.1) is 0 Å². The molecule has 2 nitrogen and oxygen atoms in total. The minimum Gasteiger partial charge on any atom is -0.458 e. The first-order valence-corrected chi connectivity index (χ1v) is 16.1. The van der Waals surface area contributed by atoms with E-state index >= 15 is 0 Å². The van der Waals surface area contributed by atoms with E-state index in [1.54, 1.807) is 0 Å². The molecule has 0 aromatic carbocycles. The first-order chi connectivity index (χ1) is 17.3. The number of rotatable bonds is 7. The van der Waals surface area contributed by atoms with Crippen molar-refractivity contribution < 1.29 is 9.53 Å². The molecule has 0 unspecified atom stereocenters. The molecule has 9 atom stereocenters. The van der Waals surface area contributed by atoms with Gasteiger partial charge in [-0.1, -0.05) is 73.8 Å². The lowest BCUT2D eigenvalue weighted by molar-refractivity contribution is -0.180. The molecule has 2 heteroatoms. The van der Waals surface area contributed by atoms with Crippen molar-refractivity contribution >= 4 is 5.97 Å². The number of hydrogen-bond acceptors (Lipinski definition) is 2. The standard InChI is InChI=1S/C35H58O2/c1-10-24(4)30(36)37-29-17-19-34-22-35(34)21-20-32(8)26(25(5)13-11-12-23(2)3)16-18-33(32,9)28(35)15-14-27(34)31(29,6)7/h10,23,25-29H,11-22H2,1-9H3/b24-10+/t25-,26-,27+,28+,29+,32-,33+,34-,35+/m1/s1. The molecule has 0 aromatic heterocycles. The van der Waals surface area contributed by atoms with Gasteiger partial charge < -0.3 is 4.74 Å². The van der Waals surface area contributed by atoms with Crippen molar-refractivity contribution in [2.75, 3.05) is 0 Å². The van der Waals surface area contributed by atoms with Crippen LogP contribution in [0.25, 0.3) is 0 Å². The van der Waals surface area contributed by atoms with Crippen LogP contribution in [0, 0.1) is 56.7 Å². The van der Waals surface area contributed by atoms with Crippen LogP contribution in [0.1, 0.15) is 139 Å². The summed E-state index contributed by atoms with van der Waals surface area (Å²) in [6.45, 7) is 21.5. The first-order valence-electron chi connectivity index (χ1n) is 16.1. The van der Waals surface area contributed by atoms with Gasteiger partial charge in [-0.2, -0.15) is 0 Å². The summed E-state index contributed by atoms with van der Waals surface area (Å²) in [4.78, 5) is 12.7. The zero-order valence-corrected chi connectivity index (χ0v) is 25.8. The van der Waals surface area contributed by atoms with Crippen LogP contribution >= 0.6 is 0 Å². The monoisotopic (exact) mass is 510 g/mol. The van der Waals surface area contributed by atoms with Crippen molar-refractivity contribution in [3.8, 4) is 0 Å².